The molecule has 0 aliphatic heterocycles. The molecule has 3 rings (SSSR count). The molecule has 7 heteroatoms. The van der Waals surface area contributed by atoms with Gasteiger partial charge < -0.3 is 18.6 Å². The van der Waals surface area contributed by atoms with E-state index in [0.29, 0.717) is 43.5 Å². The summed E-state index contributed by atoms with van der Waals surface area (Å²) in [6, 6.07) is 13.0. The van der Waals surface area contributed by atoms with Gasteiger partial charge in [0, 0.05) is 19.9 Å². The van der Waals surface area contributed by atoms with Crippen LogP contribution in [0.3, 0.4) is 0 Å². The van der Waals surface area contributed by atoms with Crippen molar-refractivity contribution >= 4 is 5.91 Å². The highest BCUT2D eigenvalue weighted by Crippen LogP contribution is 2.16. The number of carbonyl (C=O) groups excluding carboxylic acids is 1. The van der Waals surface area contributed by atoms with Crippen molar-refractivity contribution in [3.05, 3.63) is 54.6 Å². The fraction of sp³-hybridized carbons (Fsp3) is 0.278. The van der Waals surface area contributed by atoms with E-state index in [1.807, 2.05) is 30.3 Å². The van der Waals surface area contributed by atoms with Crippen LogP contribution in [0.5, 0.6) is 5.75 Å². The minimum atomic E-state index is -0.00518. The van der Waals surface area contributed by atoms with Crippen LogP contribution in [0.4, 0.5) is 0 Å². The molecule has 25 heavy (non-hydrogen) atoms. The summed E-state index contributed by atoms with van der Waals surface area (Å²) in [4.78, 5) is 18.0. The van der Waals surface area contributed by atoms with Gasteiger partial charge in [0.2, 0.25) is 17.6 Å². The summed E-state index contributed by atoms with van der Waals surface area (Å²) in [5.74, 6) is 2.12. The molecular weight excluding hydrogens is 322 g/mol. The van der Waals surface area contributed by atoms with E-state index in [1.165, 1.54) is 0 Å². The molecule has 0 fully saturated rings. The SMILES string of the molecule is CN(CCOc1ccccc1)C(=O)CCc1nc(-c2ccco2)no1. The van der Waals surface area contributed by atoms with Gasteiger partial charge in [-0.05, 0) is 24.3 Å². The van der Waals surface area contributed by atoms with Crippen LogP contribution in [0.2, 0.25) is 0 Å². The quantitative estimate of drug-likeness (QED) is 0.627. The summed E-state index contributed by atoms with van der Waals surface area (Å²) < 4.78 is 15.9. The number of para-hydroxylation sites is 1. The van der Waals surface area contributed by atoms with E-state index in [0.717, 1.165) is 5.75 Å². The zero-order valence-electron chi connectivity index (χ0n) is 13.9. The first kappa shape index (κ1) is 16.8. The van der Waals surface area contributed by atoms with Crippen molar-refractivity contribution < 1.29 is 18.5 Å². The van der Waals surface area contributed by atoms with E-state index >= 15 is 0 Å². The first-order chi connectivity index (χ1) is 12.2. The minimum absolute atomic E-state index is 0.00518. The summed E-state index contributed by atoms with van der Waals surface area (Å²) in [6.07, 6.45) is 2.22. The van der Waals surface area contributed by atoms with Gasteiger partial charge in [-0.25, -0.2) is 0 Å². The number of aromatic nitrogens is 2. The molecule has 0 radical (unpaired) electrons. The van der Waals surface area contributed by atoms with Gasteiger partial charge in [-0.15, -0.1) is 0 Å². The molecular formula is C18H19N3O4. The molecule has 0 unspecified atom stereocenters. The zero-order valence-corrected chi connectivity index (χ0v) is 13.9. The lowest BCUT2D eigenvalue weighted by atomic mass is 10.3. The van der Waals surface area contributed by atoms with Gasteiger partial charge >= 0.3 is 0 Å². The molecule has 2 heterocycles. The van der Waals surface area contributed by atoms with Crippen LogP contribution < -0.4 is 4.74 Å². The third-order valence-corrected chi connectivity index (χ3v) is 3.63. The third-order valence-electron chi connectivity index (χ3n) is 3.63. The lowest BCUT2D eigenvalue weighted by Gasteiger charge is -2.17. The predicted octanol–water partition coefficient (Wildman–Crippen LogP) is 2.80. The zero-order chi connectivity index (χ0) is 17.5. The highest BCUT2D eigenvalue weighted by molar-refractivity contribution is 5.76. The van der Waals surface area contributed by atoms with Crippen molar-refractivity contribution in [1.82, 2.24) is 15.0 Å². The fourth-order valence-corrected chi connectivity index (χ4v) is 2.21. The minimum Gasteiger partial charge on any atom is -0.492 e. The molecule has 0 spiro atoms. The van der Waals surface area contributed by atoms with E-state index in [4.69, 9.17) is 13.7 Å². The normalized spacial score (nSPS) is 10.6. The maximum absolute atomic E-state index is 12.2. The molecule has 0 bridgehead atoms. The molecule has 0 N–H and O–H groups in total. The number of nitrogens with zero attached hydrogens (tertiary/aromatic N) is 3. The average Bonchev–Trinajstić information content (AvgIpc) is 3.32. The lowest BCUT2D eigenvalue weighted by Crippen LogP contribution is -2.31. The number of aryl methyl sites for hydroxylation is 1. The van der Waals surface area contributed by atoms with Crippen molar-refractivity contribution in [2.24, 2.45) is 0 Å². The number of hydrogen-bond acceptors (Lipinski definition) is 6. The Bertz CT molecular complexity index is 784. The van der Waals surface area contributed by atoms with Gasteiger partial charge in [0.1, 0.15) is 12.4 Å². The van der Waals surface area contributed by atoms with Gasteiger partial charge in [-0.3, -0.25) is 4.79 Å². The number of rotatable bonds is 8. The summed E-state index contributed by atoms with van der Waals surface area (Å²) in [5.41, 5.74) is 0. The Morgan fingerprint density at radius 2 is 2.04 bits per heavy atom. The Morgan fingerprint density at radius 1 is 1.20 bits per heavy atom. The predicted molar refractivity (Wildman–Crippen MR) is 89.9 cm³/mol. The van der Waals surface area contributed by atoms with Crippen LogP contribution in [0.1, 0.15) is 12.3 Å². The molecule has 7 nitrogen and oxygen atoms in total. The second kappa shape index (κ2) is 8.14. The topological polar surface area (TPSA) is 81.6 Å². The van der Waals surface area contributed by atoms with Gasteiger partial charge in [0.15, 0.2) is 5.76 Å². The average molecular weight is 341 g/mol. The summed E-state index contributed by atoms with van der Waals surface area (Å²) in [6.45, 7) is 0.949. The van der Waals surface area contributed by atoms with Crippen LogP contribution in [0.25, 0.3) is 11.6 Å². The number of amides is 1. The molecule has 3 aromatic rings. The number of benzene rings is 1. The summed E-state index contributed by atoms with van der Waals surface area (Å²) in [5, 5.41) is 3.84. The Balaban J connectivity index is 1.41. The van der Waals surface area contributed by atoms with Crippen molar-refractivity contribution in [3.8, 4) is 17.3 Å². The van der Waals surface area contributed by atoms with Crippen molar-refractivity contribution in [2.75, 3.05) is 20.2 Å². The van der Waals surface area contributed by atoms with E-state index < -0.39 is 0 Å². The maximum Gasteiger partial charge on any atom is 0.238 e. The second-order valence-corrected chi connectivity index (χ2v) is 5.47. The van der Waals surface area contributed by atoms with Crippen LogP contribution >= 0.6 is 0 Å². The fourth-order valence-electron chi connectivity index (χ4n) is 2.21. The molecule has 0 saturated heterocycles. The van der Waals surface area contributed by atoms with Crippen LogP contribution in [0.15, 0.2) is 57.7 Å². The monoisotopic (exact) mass is 341 g/mol. The molecule has 1 amide bonds. The van der Waals surface area contributed by atoms with E-state index in [1.54, 1.807) is 30.3 Å². The maximum atomic E-state index is 12.2. The van der Waals surface area contributed by atoms with Crippen molar-refractivity contribution in [2.45, 2.75) is 12.8 Å². The lowest BCUT2D eigenvalue weighted by molar-refractivity contribution is -0.130. The van der Waals surface area contributed by atoms with Crippen LogP contribution in [-0.4, -0.2) is 41.1 Å². The molecule has 0 atom stereocenters. The van der Waals surface area contributed by atoms with Gasteiger partial charge in [-0.2, -0.15) is 4.98 Å². The van der Waals surface area contributed by atoms with Crippen molar-refractivity contribution in [3.63, 3.8) is 0 Å². The summed E-state index contributed by atoms with van der Waals surface area (Å²) in [7, 11) is 1.75. The standard InChI is InChI=1S/C18H19N3O4/c1-21(11-13-23-14-6-3-2-4-7-14)17(22)10-9-16-19-18(20-25-16)15-8-5-12-24-15/h2-8,12H,9-11,13H2,1H3. The van der Waals surface area contributed by atoms with E-state index in [-0.39, 0.29) is 5.91 Å². The van der Waals surface area contributed by atoms with E-state index in [9.17, 15) is 4.79 Å². The first-order valence-corrected chi connectivity index (χ1v) is 8.00. The Morgan fingerprint density at radius 3 is 2.80 bits per heavy atom. The van der Waals surface area contributed by atoms with Gasteiger partial charge in [0.25, 0.3) is 0 Å². The highest BCUT2D eigenvalue weighted by Gasteiger charge is 2.14. The number of ether oxygens (including phenoxy) is 1. The van der Waals surface area contributed by atoms with Gasteiger partial charge in [0.05, 0.1) is 12.8 Å². The van der Waals surface area contributed by atoms with Crippen LogP contribution in [-0.2, 0) is 11.2 Å². The molecule has 2 aromatic heterocycles. The highest BCUT2D eigenvalue weighted by atomic mass is 16.5. The van der Waals surface area contributed by atoms with Crippen molar-refractivity contribution in [1.29, 1.82) is 0 Å². The Hall–Kier alpha value is -3.09. The molecule has 130 valence electrons. The van der Waals surface area contributed by atoms with Crippen LogP contribution in [0, 0.1) is 0 Å². The smallest absolute Gasteiger partial charge is 0.238 e. The second-order valence-electron chi connectivity index (χ2n) is 5.47. The van der Waals surface area contributed by atoms with Gasteiger partial charge in [-0.1, -0.05) is 23.4 Å². The largest absolute Gasteiger partial charge is 0.492 e. The number of likely N-dealkylation sites (N-methyl/N-ethyl adjacent to an activating group) is 1. The Labute approximate surface area is 145 Å². The third kappa shape index (κ3) is 4.69. The number of furan rings is 1. The summed E-state index contributed by atoms with van der Waals surface area (Å²) >= 11 is 0. The first-order valence-electron chi connectivity index (χ1n) is 8.00. The Kier molecular flexibility index (Phi) is 5.46. The molecule has 0 aliphatic carbocycles. The molecule has 1 aromatic carbocycles. The van der Waals surface area contributed by atoms with E-state index in [2.05, 4.69) is 10.1 Å². The molecule has 0 saturated carbocycles. The number of carbonyl (C=O) groups is 1. The number of hydrogen-bond donors (Lipinski definition) is 0. The molecule has 0 aliphatic rings.